The third kappa shape index (κ3) is 9.43. The van der Waals surface area contributed by atoms with E-state index >= 15 is 0 Å². The van der Waals surface area contributed by atoms with Gasteiger partial charge in [-0.05, 0) is 57.7 Å². The number of unbranched alkanes of at least 4 members (excludes halogenated alkanes) is 1. The zero-order chi connectivity index (χ0) is 16.9. The molecule has 0 aromatic heterocycles. The first-order valence-corrected chi connectivity index (χ1v) is 8.89. The van der Waals surface area contributed by atoms with Crippen molar-refractivity contribution in [3.63, 3.8) is 0 Å². The SMILES string of the molecule is CN=C(NCCCCC(=O)OC)NCCCN1CCC(C)CC1. The van der Waals surface area contributed by atoms with Crippen LogP contribution >= 0.6 is 0 Å². The van der Waals surface area contributed by atoms with Crippen molar-refractivity contribution >= 4 is 11.9 Å². The molecule has 0 unspecified atom stereocenters. The number of ether oxygens (including phenoxy) is 1. The largest absolute Gasteiger partial charge is 0.469 e. The molecule has 2 N–H and O–H groups in total. The zero-order valence-corrected chi connectivity index (χ0v) is 15.1. The van der Waals surface area contributed by atoms with Gasteiger partial charge in [-0.15, -0.1) is 0 Å². The highest BCUT2D eigenvalue weighted by Gasteiger charge is 2.14. The number of methoxy groups -OCH3 is 1. The first-order chi connectivity index (χ1) is 11.2. The maximum absolute atomic E-state index is 11.0. The summed E-state index contributed by atoms with van der Waals surface area (Å²) in [7, 11) is 3.21. The van der Waals surface area contributed by atoms with Crippen molar-refractivity contribution in [3.8, 4) is 0 Å². The van der Waals surface area contributed by atoms with E-state index in [4.69, 9.17) is 0 Å². The molecular weight excluding hydrogens is 292 g/mol. The van der Waals surface area contributed by atoms with E-state index in [0.717, 1.165) is 50.8 Å². The van der Waals surface area contributed by atoms with Crippen LogP contribution < -0.4 is 10.6 Å². The molecule has 1 saturated heterocycles. The molecule has 0 aromatic carbocycles. The van der Waals surface area contributed by atoms with Crippen LogP contribution in [0.3, 0.4) is 0 Å². The fourth-order valence-corrected chi connectivity index (χ4v) is 2.72. The van der Waals surface area contributed by atoms with E-state index in [1.54, 1.807) is 7.05 Å². The van der Waals surface area contributed by atoms with Gasteiger partial charge < -0.3 is 20.3 Å². The highest BCUT2D eigenvalue weighted by Crippen LogP contribution is 2.15. The molecule has 23 heavy (non-hydrogen) atoms. The molecule has 0 atom stereocenters. The van der Waals surface area contributed by atoms with Gasteiger partial charge in [-0.25, -0.2) is 0 Å². The van der Waals surface area contributed by atoms with Crippen LogP contribution in [-0.4, -0.2) is 63.7 Å². The average Bonchev–Trinajstić information content (AvgIpc) is 2.57. The number of guanidine groups is 1. The predicted octanol–water partition coefficient (Wildman–Crippen LogP) is 1.62. The number of likely N-dealkylation sites (tertiary alicyclic amines) is 1. The lowest BCUT2D eigenvalue weighted by molar-refractivity contribution is -0.140. The molecule has 0 radical (unpaired) electrons. The van der Waals surface area contributed by atoms with Crippen molar-refractivity contribution in [2.24, 2.45) is 10.9 Å². The third-order valence-corrected chi connectivity index (χ3v) is 4.37. The Bertz CT molecular complexity index is 353. The molecule has 1 aliphatic heterocycles. The van der Waals surface area contributed by atoms with Crippen LogP contribution in [0.15, 0.2) is 4.99 Å². The van der Waals surface area contributed by atoms with Gasteiger partial charge in [0.05, 0.1) is 7.11 Å². The molecule has 1 aliphatic rings. The number of carbonyl (C=O) groups excluding carboxylic acids is 1. The van der Waals surface area contributed by atoms with E-state index in [1.807, 2.05) is 0 Å². The van der Waals surface area contributed by atoms with Crippen LogP contribution in [-0.2, 0) is 9.53 Å². The smallest absolute Gasteiger partial charge is 0.305 e. The molecule has 1 rings (SSSR count). The minimum absolute atomic E-state index is 0.139. The second kappa shape index (κ2) is 12.2. The Hall–Kier alpha value is -1.30. The Labute approximate surface area is 141 Å². The number of nitrogens with zero attached hydrogens (tertiary/aromatic N) is 2. The molecule has 1 heterocycles. The molecule has 0 saturated carbocycles. The van der Waals surface area contributed by atoms with Crippen LogP contribution in [0.2, 0.25) is 0 Å². The standard InChI is InChI=1S/C17H34N4O2/c1-15-8-13-21(14-9-15)12-6-11-20-17(18-2)19-10-5-4-7-16(22)23-3/h15H,4-14H2,1-3H3,(H2,18,19,20). The minimum Gasteiger partial charge on any atom is -0.469 e. The molecule has 134 valence electrons. The van der Waals surface area contributed by atoms with Crippen LogP contribution in [0.25, 0.3) is 0 Å². The number of nitrogens with one attached hydrogen (secondary N) is 2. The molecule has 1 fully saturated rings. The van der Waals surface area contributed by atoms with Crippen molar-refractivity contribution in [2.45, 2.75) is 45.4 Å². The topological polar surface area (TPSA) is 66.0 Å². The minimum atomic E-state index is -0.139. The number of aliphatic imine (C=N–C) groups is 1. The summed E-state index contributed by atoms with van der Waals surface area (Å²) in [5.74, 6) is 1.60. The quantitative estimate of drug-likeness (QED) is 0.292. The summed E-state index contributed by atoms with van der Waals surface area (Å²) >= 11 is 0. The number of esters is 1. The lowest BCUT2D eigenvalue weighted by atomic mass is 9.99. The van der Waals surface area contributed by atoms with E-state index in [9.17, 15) is 4.79 Å². The van der Waals surface area contributed by atoms with Gasteiger partial charge in [-0.3, -0.25) is 9.79 Å². The highest BCUT2D eigenvalue weighted by atomic mass is 16.5. The van der Waals surface area contributed by atoms with Crippen molar-refractivity contribution in [3.05, 3.63) is 0 Å². The van der Waals surface area contributed by atoms with Gasteiger partial charge in [-0.2, -0.15) is 0 Å². The van der Waals surface area contributed by atoms with Gasteiger partial charge in [0.1, 0.15) is 0 Å². The van der Waals surface area contributed by atoms with Gasteiger partial charge in [0, 0.05) is 26.6 Å². The van der Waals surface area contributed by atoms with Gasteiger partial charge in [0.15, 0.2) is 5.96 Å². The van der Waals surface area contributed by atoms with Crippen LogP contribution in [0, 0.1) is 5.92 Å². The van der Waals surface area contributed by atoms with Crippen molar-refractivity contribution in [1.29, 1.82) is 0 Å². The predicted molar refractivity (Wildman–Crippen MR) is 94.7 cm³/mol. The Morgan fingerprint density at radius 2 is 1.83 bits per heavy atom. The van der Waals surface area contributed by atoms with Gasteiger partial charge in [-0.1, -0.05) is 6.92 Å². The number of hydrogen-bond acceptors (Lipinski definition) is 4. The molecule has 6 nitrogen and oxygen atoms in total. The average molecular weight is 326 g/mol. The molecule has 0 amide bonds. The zero-order valence-electron chi connectivity index (χ0n) is 15.1. The third-order valence-electron chi connectivity index (χ3n) is 4.37. The van der Waals surface area contributed by atoms with Gasteiger partial charge >= 0.3 is 5.97 Å². The summed E-state index contributed by atoms with van der Waals surface area (Å²) in [4.78, 5) is 17.8. The number of rotatable bonds is 9. The molecular formula is C17H34N4O2. The highest BCUT2D eigenvalue weighted by molar-refractivity contribution is 5.79. The fourth-order valence-electron chi connectivity index (χ4n) is 2.72. The molecule has 0 bridgehead atoms. The number of carbonyl (C=O) groups is 1. The first-order valence-electron chi connectivity index (χ1n) is 8.89. The Balaban J connectivity index is 2.00. The van der Waals surface area contributed by atoms with Crippen molar-refractivity contribution in [1.82, 2.24) is 15.5 Å². The fraction of sp³-hybridized carbons (Fsp3) is 0.882. The molecule has 0 aliphatic carbocycles. The lowest BCUT2D eigenvalue weighted by Crippen LogP contribution is -2.40. The number of hydrogen-bond donors (Lipinski definition) is 2. The summed E-state index contributed by atoms with van der Waals surface area (Å²) in [5.41, 5.74) is 0. The van der Waals surface area contributed by atoms with Crippen LogP contribution in [0.1, 0.15) is 45.4 Å². The maximum atomic E-state index is 11.0. The van der Waals surface area contributed by atoms with Crippen molar-refractivity contribution in [2.75, 3.05) is 46.9 Å². The van der Waals surface area contributed by atoms with E-state index in [2.05, 4.69) is 32.2 Å². The Morgan fingerprint density at radius 3 is 2.43 bits per heavy atom. The maximum Gasteiger partial charge on any atom is 0.305 e. The van der Waals surface area contributed by atoms with E-state index in [0.29, 0.717) is 6.42 Å². The second-order valence-electron chi connectivity index (χ2n) is 6.34. The molecule has 0 aromatic rings. The summed E-state index contributed by atoms with van der Waals surface area (Å²) in [6.45, 7) is 7.76. The second-order valence-corrected chi connectivity index (χ2v) is 6.34. The van der Waals surface area contributed by atoms with E-state index in [-0.39, 0.29) is 5.97 Å². The first kappa shape index (κ1) is 19.7. The van der Waals surface area contributed by atoms with Crippen LogP contribution in [0.4, 0.5) is 0 Å². The monoisotopic (exact) mass is 326 g/mol. The molecule has 0 spiro atoms. The summed E-state index contributed by atoms with van der Waals surface area (Å²) < 4.78 is 4.62. The normalized spacial score (nSPS) is 17.1. The Kier molecular flexibility index (Phi) is 10.4. The van der Waals surface area contributed by atoms with Crippen molar-refractivity contribution < 1.29 is 9.53 Å². The summed E-state index contributed by atoms with van der Waals surface area (Å²) in [5, 5.41) is 6.63. The summed E-state index contributed by atoms with van der Waals surface area (Å²) in [6, 6.07) is 0. The van der Waals surface area contributed by atoms with Crippen LogP contribution in [0.5, 0.6) is 0 Å². The molecule has 6 heteroatoms. The summed E-state index contributed by atoms with van der Waals surface area (Å²) in [6.07, 6.45) is 6.06. The van der Waals surface area contributed by atoms with E-state index in [1.165, 1.54) is 33.0 Å². The van der Waals surface area contributed by atoms with Gasteiger partial charge in [0.2, 0.25) is 0 Å². The lowest BCUT2D eigenvalue weighted by Gasteiger charge is -2.30. The Morgan fingerprint density at radius 1 is 1.17 bits per heavy atom. The van der Waals surface area contributed by atoms with Gasteiger partial charge in [0.25, 0.3) is 0 Å². The van der Waals surface area contributed by atoms with E-state index < -0.39 is 0 Å². The number of piperidine rings is 1.